The molecule has 1 fully saturated rings. The van der Waals surface area contributed by atoms with Crippen molar-refractivity contribution in [3.8, 4) is 0 Å². The fourth-order valence-corrected chi connectivity index (χ4v) is 6.03. The molecular weight excluding hydrogens is 384 g/mol. The molecule has 1 saturated carbocycles. The van der Waals surface area contributed by atoms with Crippen LogP contribution in [0.3, 0.4) is 0 Å². The van der Waals surface area contributed by atoms with E-state index in [9.17, 15) is 8.78 Å². The lowest BCUT2D eigenvalue weighted by atomic mass is 9.84. The molecule has 3 atom stereocenters. The number of fused-ring (bicyclic) bond motifs is 1. The fourth-order valence-electron chi connectivity index (χ4n) is 3.87. The second-order valence-electron chi connectivity index (χ2n) is 8.52. The Morgan fingerprint density at radius 2 is 2.15 bits per heavy atom. The Balaban J connectivity index is 1.66. The summed E-state index contributed by atoms with van der Waals surface area (Å²) in [7, 11) is -1.54. The molecule has 0 bridgehead atoms. The van der Waals surface area contributed by atoms with Crippen LogP contribution >= 0.6 is 11.8 Å². The minimum absolute atomic E-state index is 0.110. The number of hydrogen-bond donors (Lipinski definition) is 1. The summed E-state index contributed by atoms with van der Waals surface area (Å²) in [4.78, 5) is 4.43. The van der Waals surface area contributed by atoms with Gasteiger partial charge >= 0.3 is 0 Å². The molecular formula is C18H23F2N5SSi. The predicted octanol–water partition coefficient (Wildman–Crippen LogP) is 2.94. The van der Waals surface area contributed by atoms with Gasteiger partial charge in [-0.15, -0.1) is 16.9 Å². The number of benzene rings is 1. The van der Waals surface area contributed by atoms with E-state index >= 15 is 0 Å². The average molecular weight is 408 g/mol. The lowest BCUT2D eigenvalue weighted by molar-refractivity contribution is 0.260. The Labute approximate surface area is 162 Å². The molecule has 9 heteroatoms. The third-order valence-electron chi connectivity index (χ3n) is 5.57. The van der Waals surface area contributed by atoms with E-state index in [-0.39, 0.29) is 16.2 Å². The van der Waals surface area contributed by atoms with Crippen molar-refractivity contribution in [3.63, 3.8) is 0 Å². The molecule has 2 aromatic rings. The molecule has 1 aliphatic carbocycles. The van der Waals surface area contributed by atoms with Crippen LogP contribution in [0.1, 0.15) is 12.0 Å². The van der Waals surface area contributed by atoms with Crippen molar-refractivity contribution in [2.45, 2.75) is 42.9 Å². The lowest BCUT2D eigenvalue weighted by Gasteiger charge is -2.33. The molecule has 144 valence electrons. The topological polar surface area (TPSA) is 69.1 Å². The highest BCUT2D eigenvalue weighted by molar-refractivity contribution is 8.13. The lowest BCUT2D eigenvalue weighted by Crippen LogP contribution is -2.39. The van der Waals surface area contributed by atoms with Crippen LogP contribution in [0.25, 0.3) is 0 Å². The second-order valence-corrected chi connectivity index (χ2v) is 14.8. The van der Waals surface area contributed by atoms with E-state index in [1.54, 1.807) is 17.3 Å². The highest BCUT2D eigenvalue weighted by Gasteiger charge is 2.67. The van der Waals surface area contributed by atoms with Crippen LogP contribution in [0.4, 0.5) is 14.5 Å². The number of thioether (sulfide) groups is 1. The van der Waals surface area contributed by atoms with Crippen LogP contribution in [0.2, 0.25) is 19.6 Å². The summed E-state index contributed by atoms with van der Waals surface area (Å²) in [6.45, 7) is 6.51. The zero-order valence-electron chi connectivity index (χ0n) is 15.6. The fraction of sp³-hybridized carbons (Fsp3) is 0.500. The van der Waals surface area contributed by atoms with Gasteiger partial charge in [-0.25, -0.2) is 8.78 Å². The van der Waals surface area contributed by atoms with Gasteiger partial charge in [0.05, 0.1) is 17.4 Å². The van der Waals surface area contributed by atoms with Gasteiger partial charge in [0.15, 0.2) is 0 Å². The van der Waals surface area contributed by atoms with Gasteiger partial charge in [-0.3, -0.25) is 9.67 Å². The first-order valence-electron chi connectivity index (χ1n) is 8.94. The van der Waals surface area contributed by atoms with Crippen molar-refractivity contribution in [2.75, 3.05) is 12.4 Å². The number of alkyl halides is 1. The van der Waals surface area contributed by atoms with E-state index in [0.29, 0.717) is 12.2 Å². The summed E-state index contributed by atoms with van der Waals surface area (Å²) < 4.78 is 30.5. The van der Waals surface area contributed by atoms with Crippen molar-refractivity contribution in [2.24, 2.45) is 10.9 Å². The largest absolute Gasteiger partial charge is 0.399 e. The number of hydrogen-bond acceptors (Lipinski definition) is 5. The van der Waals surface area contributed by atoms with Crippen LogP contribution in [-0.4, -0.2) is 40.0 Å². The Kier molecular flexibility index (Phi) is 4.23. The number of aliphatic imine (C=N–C) groups is 1. The third-order valence-corrected chi connectivity index (χ3v) is 8.60. The van der Waals surface area contributed by atoms with Gasteiger partial charge < -0.3 is 5.73 Å². The van der Waals surface area contributed by atoms with Crippen LogP contribution < -0.4 is 11.1 Å². The monoisotopic (exact) mass is 407 g/mol. The molecule has 5 nitrogen and oxygen atoms in total. The summed E-state index contributed by atoms with van der Waals surface area (Å²) in [5.41, 5.74) is 6.95. The molecule has 27 heavy (non-hydrogen) atoms. The van der Waals surface area contributed by atoms with E-state index in [2.05, 4.69) is 34.9 Å². The molecule has 1 aromatic heterocycles. The first-order valence-corrected chi connectivity index (χ1v) is 13.3. The molecule has 4 rings (SSSR count). The van der Waals surface area contributed by atoms with Gasteiger partial charge in [-0.05, 0) is 24.6 Å². The number of nitrogens with zero attached hydrogens (tertiary/aromatic N) is 4. The average Bonchev–Trinajstić information content (AvgIpc) is 3.14. The molecule has 0 unspecified atom stereocenters. The molecule has 2 N–H and O–H groups in total. The molecule has 0 amide bonds. The smallest absolute Gasteiger partial charge is 0.129 e. The zero-order valence-corrected chi connectivity index (χ0v) is 17.4. The van der Waals surface area contributed by atoms with Crippen LogP contribution in [0.5, 0.6) is 0 Å². The maximum atomic E-state index is 14.5. The van der Waals surface area contributed by atoms with Crippen LogP contribution in [0, 0.1) is 11.7 Å². The summed E-state index contributed by atoms with van der Waals surface area (Å²) in [5.74, 6) is -0.575. The molecule has 1 aromatic carbocycles. The van der Waals surface area contributed by atoms with E-state index < -0.39 is 26.1 Å². The van der Waals surface area contributed by atoms with Gasteiger partial charge in [-0.2, -0.15) is 0 Å². The highest BCUT2D eigenvalue weighted by atomic mass is 32.2. The van der Waals surface area contributed by atoms with Gasteiger partial charge in [0, 0.05) is 28.1 Å². The minimum Gasteiger partial charge on any atom is -0.399 e. The number of anilines is 1. The standard InChI is InChI=1S/C18H23F2N5SSi/c1-27(2,3)16-8-25(24-23-16)10-17-7-15(17)18(9-19,22-11-26-17)13-6-12(21)4-5-14(13)20/h4-6,8,11,15H,7,9-10,21H2,1-3H3/t15-,17-,18+/m0/s1. The first-order chi connectivity index (χ1) is 12.7. The van der Waals surface area contributed by atoms with Crippen LogP contribution in [0.15, 0.2) is 29.4 Å². The summed E-state index contributed by atoms with van der Waals surface area (Å²) in [6, 6.07) is 4.30. The van der Waals surface area contributed by atoms with Crippen molar-refractivity contribution in [1.29, 1.82) is 0 Å². The molecule has 1 aliphatic heterocycles. The van der Waals surface area contributed by atoms with Gasteiger partial charge in [0.1, 0.15) is 26.1 Å². The number of aromatic nitrogens is 3. The number of nitrogens with two attached hydrogens (primary N) is 1. The zero-order chi connectivity index (χ0) is 19.4. The second kappa shape index (κ2) is 6.13. The summed E-state index contributed by atoms with van der Waals surface area (Å²) >= 11 is 1.58. The van der Waals surface area contributed by atoms with Crippen molar-refractivity contribution >= 4 is 36.4 Å². The van der Waals surface area contributed by atoms with E-state index in [1.165, 1.54) is 18.2 Å². The molecule has 2 heterocycles. The van der Waals surface area contributed by atoms with Gasteiger partial charge in [0.2, 0.25) is 0 Å². The van der Waals surface area contributed by atoms with Crippen molar-refractivity contribution in [1.82, 2.24) is 15.0 Å². The minimum atomic E-state index is -1.54. The summed E-state index contributed by atoms with van der Waals surface area (Å²) in [5, 5.41) is 9.65. The number of nitrogen functional groups attached to an aromatic ring is 1. The molecule has 0 saturated heterocycles. The Morgan fingerprint density at radius 3 is 2.81 bits per heavy atom. The number of halogens is 2. The predicted molar refractivity (Wildman–Crippen MR) is 108 cm³/mol. The van der Waals surface area contributed by atoms with Gasteiger partial charge in [0.25, 0.3) is 0 Å². The van der Waals surface area contributed by atoms with Crippen LogP contribution in [-0.2, 0) is 12.1 Å². The molecule has 0 spiro atoms. The first kappa shape index (κ1) is 18.6. The Bertz CT molecular complexity index is 911. The highest BCUT2D eigenvalue weighted by Crippen LogP contribution is 2.66. The summed E-state index contributed by atoms with van der Waals surface area (Å²) in [6.07, 6.45) is 2.75. The molecule has 2 aliphatic rings. The van der Waals surface area contributed by atoms with Crippen molar-refractivity contribution < 1.29 is 8.78 Å². The Morgan fingerprint density at radius 1 is 1.37 bits per heavy atom. The van der Waals surface area contributed by atoms with Gasteiger partial charge in [-0.1, -0.05) is 24.9 Å². The SMILES string of the molecule is C[Si](C)(C)c1cn(C[C@@]23C[C@@H]2[C@@](CF)(c2cc(N)ccc2F)N=CS3)nn1. The van der Waals surface area contributed by atoms with E-state index in [0.717, 1.165) is 11.7 Å². The third kappa shape index (κ3) is 3.00. The maximum Gasteiger partial charge on any atom is 0.129 e. The van der Waals surface area contributed by atoms with E-state index in [1.807, 2.05) is 10.9 Å². The number of rotatable bonds is 5. The Hall–Kier alpha value is -1.74. The maximum absolute atomic E-state index is 14.5. The molecule has 0 radical (unpaired) electrons. The van der Waals surface area contributed by atoms with E-state index in [4.69, 9.17) is 5.73 Å². The normalized spacial score (nSPS) is 29.6. The van der Waals surface area contributed by atoms with Crippen molar-refractivity contribution in [3.05, 3.63) is 35.8 Å². The quantitative estimate of drug-likeness (QED) is 0.611.